The number of hydrogen-bond acceptors (Lipinski definition) is 3. The molecule has 1 aromatic carbocycles. The van der Waals surface area contributed by atoms with Crippen LogP contribution < -0.4 is 5.32 Å². The van der Waals surface area contributed by atoms with E-state index < -0.39 is 0 Å². The van der Waals surface area contributed by atoms with Gasteiger partial charge in [-0.15, -0.1) is 0 Å². The Kier molecular flexibility index (Phi) is 4.28. The molecule has 3 nitrogen and oxygen atoms in total. The summed E-state index contributed by atoms with van der Waals surface area (Å²) in [7, 11) is 1.82. The summed E-state index contributed by atoms with van der Waals surface area (Å²) in [6.45, 7) is 0.884. The molecule has 0 aliphatic heterocycles. The molecule has 0 saturated heterocycles. The third-order valence-electron chi connectivity index (χ3n) is 4.26. The van der Waals surface area contributed by atoms with Gasteiger partial charge in [0.05, 0.1) is 11.6 Å². The number of fused-ring (bicyclic) bond motifs is 1. The Morgan fingerprint density at radius 3 is 3.05 bits per heavy atom. The molecule has 0 spiro atoms. The first-order chi connectivity index (χ1) is 9.86. The van der Waals surface area contributed by atoms with Gasteiger partial charge in [-0.2, -0.15) is 0 Å². The Balaban J connectivity index is 1.68. The van der Waals surface area contributed by atoms with Crippen molar-refractivity contribution in [1.29, 1.82) is 0 Å². The minimum absolute atomic E-state index is 0.423. The van der Waals surface area contributed by atoms with Crippen LogP contribution in [0.2, 0.25) is 0 Å². The molecule has 2 aromatic rings. The van der Waals surface area contributed by atoms with Crippen molar-refractivity contribution in [3.63, 3.8) is 0 Å². The molecular weight excluding hydrogens is 248 g/mol. The molecule has 106 valence electrons. The Morgan fingerprint density at radius 1 is 1.25 bits per heavy atom. The van der Waals surface area contributed by atoms with E-state index in [1.807, 2.05) is 19.4 Å². The average molecular weight is 270 g/mol. The zero-order valence-corrected chi connectivity index (χ0v) is 12.0. The number of ether oxygens (including phenoxy) is 1. The molecule has 0 bridgehead atoms. The summed E-state index contributed by atoms with van der Waals surface area (Å²) in [6.07, 6.45) is 7.11. The van der Waals surface area contributed by atoms with Crippen LogP contribution in [0.25, 0.3) is 10.9 Å². The summed E-state index contributed by atoms with van der Waals surface area (Å²) in [4.78, 5) is 4.51. The van der Waals surface area contributed by atoms with Gasteiger partial charge in [0, 0.05) is 31.3 Å². The summed E-state index contributed by atoms with van der Waals surface area (Å²) in [5.74, 6) is 0. The van der Waals surface area contributed by atoms with E-state index in [-0.39, 0.29) is 0 Å². The van der Waals surface area contributed by atoms with Crippen LogP contribution in [0.5, 0.6) is 0 Å². The number of pyridine rings is 1. The lowest BCUT2D eigenvalue weighted by atomic mass is 9.92. The second-order valence-electron chi connectivity index (χ2n) is 5.59. The van der Waals surface area contributed by atoms with Gasteiger partial charge in [0.25, 0.3) is 0 Å². The molecule has 1 heterocycles. The van der Waals surface area contributed by atoms with Gasteiger partial charge < -0.3 is 10.1 Å². The second-order valence-corrected chi connectivity index (χ2v) is 5.59. The molecule has 3 rings (SSSR count). The summed E-state index contributed by atoms with van der Waals surface area (Å²) in [6, 6.07) is 11.1. The topological polar surface area (TPSA) is 34.1 Å². The van der Waals surface area contributed by atoms with E-state index in [1.54, 1.807) is 0 Å². The molecule has 3 heteroatoms. The number of nitrogens with zero attached hydrogens (tertiary/aromatic N) is 1. The quantitative estimate of drug-likeness (QED) is 0.925. The van der Waals surface area contributed by atoms with Crippen molar-refractivity contribution in [1.82, 2.24) is 10.3 Å². The number of rotatable bonds is 4. The molecule has 1 aliphatic rings. The standard InChI is InChI=1S/C17H22N2O/c1-20-16-9-3-8-15(11-16)19-12-14-6-2-5-13-7-4-10-18-17(13)14/h2,4-7,10,15-16,19H,3,8-9,11-12H2,1H3. The fraction of sp³-hybridized carbons (Fsp3) is 0.471. The minimum Gasteiger partial charge on any atom is -0.381 e. The van der Waals surface area contributed by atoms with Crippen LogP contribution in [0, 0.1) is 0 Å². The van der Waals surface area contributed by atoms with E-state index >= 15 is 0 Å². The fourth-order valence-electron chi connectivity index (χ4n) is 3.11. The van der Waals surface area contributed by atoms with Gasteiger partial charge in [0.1, 0.15) is 0 Å². The molecule has 20 heavy (non-hydrogen) atoms. The van der Waals surface area contributed by atoms with Gasteiger partial charge in [0.2, 0.25) is 0 Å². The maximum Gasteiger partial charge on any atom is 0.0746 e. The van der Waals surface area contributed by atoms with Gasteiger partial charge in [-0.3, -0.25) is 4.98 Å². The van der Waals surface area contributed by atoms with Crippen molar-refractivity contribution < 1.29 is 4.74 Å². The second kappa shape index (κ2) is 6.33. The highest BCUT2D eigenvalue weighted by Gasteiger charge is 2.21. The van der Waals surface area contributed by atoms with Gasteiger partial charge in [-0.25, -0.2) is 0 Å². The number of nitrogens with one attached hydrogen (secondary N) is 1. The van der Waals surface area contributed by atoms with Crippen LogP contribution in [0.1, 0.15) is 31.2 Å². The van der Waals surface area contributed by atoms with E-state index in [9.17, 15) is 0 Å². The predicted octanol–water partition coefficient (Wildman–Crippen LogP) is 3.28. The van der Waals surface area contributed by atoms with Crippen LogP contribution in [-0.4, -0.2) is 24.2 Å². The monoisotopic (exact) mass is 270 g/mol. The number of benzene rings is 1. The molecule has 1 saturated carbocycles. The first-order valence-corrected chi connectivity index (χ1v) is 7.45. The minimum atomic E-state index is 0.423. The van der Waals surface area contributed by atoms with Crippen LogP contribution >= 0.6 is 0 Å². The number of para-hydroxylation sites is 1. The molecule has 1 fully saturated rings. The molecule has 1 aliphatic carbocycles. The van der Waals surface area contributed by atoms with Crippen LogP contribution in [-0.2, 0) is 11.3 Å². The highest BCUT2D eigenvalue weighted by molar-refractivity contribution is 5.81. The largest absolute Gasteiger partial charge is 0.381 e. The van der Waals surface area contributed by atoms with Crippen LogP contribution in [0.3, 0.4) is 0 Å². The molecule has 0 radical (unpaired) electrons. The van der Waals surface area contributed by atoms with Gasteiger partial charge in [-0.1, -0.05) is 24.3 Å². The summed E-state index contributed by atoms with van der Waals surface area (Å²) in [5, 5.41) is 4.89. The molecule has 1 aromatic heterocycles. The number of aromatic nitrogens is 1. The lowest BCUT2D eigenvalue weighted by Crippen LogP contribution is -2.36. The van der Waals surface area contributed by atoms with E-state index in [0.717, 1.165) is 18.5 Å². The van der Waals surface area contributed by atoms with Crippen molar-refractivity contribution >= 4 is 10.9 Å². The molecule has 2 atom stereocenters. The van der Waals surface area contributed by atoms with Crippen molar-refractivity contribution in [3.8, 4) is 0 Å². The number of hydrogen-bond donors (Lipinski definition) is 1. The predicted molar refractivity (Wildman–Crippen MR) is 81.6 cm³/mol. The zero-order chi connectivity index (χ0) is 13.8. The smallest absolute Gasteiger partial charge is 0.0746 e. The van der Waals surface area contributed by atoms with Crippen molar-refractivity contribution in [3.05, 3.63) is 42.1 Å². The van der Waals surface area contributed by atoms with E-state index in [1.165, 1.54) is 30.2 Å². The van der Waals surface area contributed by atoms with E-state index in [4.69, 9.17) is 4.74 Å². The van der Waals surface area contributed by atoms with Crippen LogP contribution in [0.15, 0.2) is 36.5 Å². The molecule has 1 N–H and O–H groups in total. The summed E-state index contributed by atoms with van der Waals surface area (Å²) in [5.41, 5.74) is 2.39. The van der Waals surface area contributed by atoms with E-state index in [0.29, 0.717) is 12.1 Å². The first kappa shape index (κ1) is 13.5. The maximum absolute atomic E-state index is 5.49. The summed E-state index contributed by atoms with van der Waals surface area (Å²) >= 11 is 0. The van der Waals surface area contributed by atoms with Crippen molar-refractivity contribution in [2.24, 2.45) is 0 Å². The molecule has 0 amide bonds. The fourth-order valence-corrected chi connectivity index (χ4v) is 3.11. The highest BCUT2D eigenvalue weighted by Crippen LogP contribution is 2.22. The Labute approximate surface area is 120 Å². The SMILES string of the molecule is COC1CCCC(NCc2cccc3cccnc23)C1. The third-order valence-corrected chi connectivity index (χ3v) is 4.26. The normalized spacial score (nSPS) is 23.1. The first-order valence-electron chi connectivity index (χ1n) is 7.45. The van der Waals surface area contributed by atoms with Crippen molar-refractivity contribution in [2.75, 3.05) is 7.11 Å². The number of methoxy groups -OCH3 is 1. The average Bonchev–Trinajstić information content (AvgIpc) is 2.53. The lowest BCUT2D eigenvalue weighted by molar-refractivity contribution is 0.0586. The Bertz CT molecular complexity index is 564. The van der Waals surface area contributed by atoms with Crippen LogP contribution in [0.4, 0.5) is 0 Å². The van der Waals surface area contributed by atoms with Gasteiger partial charge in [-0.05, 0) is 37.3 Å². The highest BCUT2D eigenvalue weighted by atomic mass is 16.5. The third kappa shape index (κ3) is 3.00. The summed E-state index contributed by atoms with van der Waals surface area (Å²) < 4.78 is 5.49. The Morgan fingerprint density at radius 2 is 2.15 bits per heavy atom. The lowest BCUT2D eigenvalue weighted by Gasteiger charge is -2.29. The van der Waals surface area contributed by atoms with Crippen molar-refractivity contribution in [2.45, 2.75) is 44.4 Å². The maximum atomic E-state index is 5.49. The Hall–Kier alpha value is -1.45. The van der Waals surface area contributed by atoms with E-state index in [2.05, 4.69) is 34.6 Å². The van der Waals surface area contributed by atoms with Gasteiger partial charge >= 0.3 is 0 Å². The molecule has 2 unspecified atom stereocenters. The van der Waals surface area contributed by atoms with Gasteiger partial charge in [0.15, 0.2) is 0 Å². The molecular formula is C17H22N2O. The zero-order valence-electron chi connectivity index (χ0n) is 12.0.